The number of carbonyl (C=O) groups excluding carboxylic acids is 2. The van der Waals surface area contributed by atoms with Crippen LogP contribution in [0.3, 0.4) is 0 Å². The molecule has 6 heteroatoms. The Morgan fingerprint density at radius 2 is 2.10 bits per heavy atom. The number of rotatable bonds is 6. The Morgan fingerprint density at radius 1 is 1.35 bits per heavy atom. The lowest BCUT2D eigenvalue weighted by atomic mass is 10.2. The van der Waals surface area contributed by atoms with Gasteiger partial charge in [-0.05, 0) is 5.56 Å². The summed E-state index contributed by atoms with van der Waals surface area (Å²) in [6, 6.07) is 9.68. The summed E-state index contributed by atoms with van der Waals surface area (Å²) in [5.74, 6) is -0.295. The third kappa shape index (κ3) is 3.79. The predicted molar refractivity (Wildman–Crippen MR) is 71.9 cm³/mol. The highest BCUT2D eigenvalue weighted by molar-refractivity contribution is 5.94. The van der Waals surface area contributed by atoms with Gasteiger partial charge in [0.1, 0.15) is 6.61 Å². The first kappa shape index (κ1) is 14.5. The van der Waals surface area contributed by atoms with E-state index in [4.69, 9.17) is 9.84 Å². The van der Waals surface area contributed by atoms with E-state index in [9.17, 15) is 9.59 Å². The van der Waals surface area contributed by atoms with E-state index in [1.807, 2.05) is 35.2 Å². The zero-order chi connectivity index (χ0) is 14.4. The summed E-state index contributed by atoms with van der Waals surface area (Å²) in [7, 11) is 0. The molecule has 2 rings (SSSR count). The van der Waals surface area contributed by atoms with Crippen LogP contribution < -0.4 is 0 Å². The van der Waals surface area contributed by atoms with E-state index in [0.717, 1.165) is 10.5 Å². The molecule has 1 saturated heterocycles. The van der Waals surface area contributed by atoms with Gasteiger partial charge in [0.2, 0.25) is 5.91 Å². The van der Waals surface area contributed by atoms with Gasteiger partial charge in [-0.2, -0.15) is 0 Å². The Morgan fingerprint density at radius 3 is 2.70 bits per heavy atom. The number of amides is 2. The molecule has 2 amide bonds. The van der Waals surface area contributed by atoms with Gasteiger partial charge in [-0.1, -0.05) is 30.3 Å². The minimum absolute atomic E-state index is 0.0371. The number of benzene rings is 1. The van der Waals surface area contributed by atoms with Crippen molar-refractivity contribution in [2.45, 2.75) is 6.54 Å². The average Bonchev–Trinajstić information content (AvgIpc) is 2.86. The third-order valence-electron chi connectivity index (χ3n) is 3.09. The molecule has 0 atom stereocenters. The van der Waals surface area contributed by atoms with Crippen LogP contribution in [0.1, 0.15) is 5.56 Å². The highest BCUT2D eigenvalue weighted by atomic mass is 16.6. The van der Waals surface area contributed by atoms with Crippen LogP contribution in [0.2, 0.25) is 0 Å². The lowest BCUT2D eigenvalue weighted by Crippen LogP contribution is -2.41. The van der Waals surface area contributed by atoms with Gasteiger partial charge < -0.3 is 9.84 Å². The quantitative estimate of drug-likeness (QED) is 0.818. The Balaban J connectivity index is 1.95. The SMILES string of the molecule is O=C(CN(CCO)Cc1ccccc1)N1CCOC1=O. The molecule has 20 heavy (non-hydrogen) atoms. The van der Waals surface area contributed by atoms with Gasteiger partial charge in [0.15, 0.2) is 0 Å². The highest BCUT2D eigenvalue weighted by Gasteiger charge is 2.29. The number of aliphatic hydroxyl groups is 1. The fourth-order valence-corrected chi connectivity index (χ4v) is 2.09. The zero-order valence-electron chi connectivity index (χ0n) is 11.2. The molecule has 1 aromatic carbocycles. The molecular formula is C14H18N2O4. The van der Waals surface area contributed by atoms with Crippen LogP contribution in [0.25, 0.3) is 0 Å². The van der Waals surface area contributed by atoms with E-state index >= 15 is 0 Å². The summed E-state index contributed by atoms with van der Waals surface area (Å²) >= 11 is 0. The summed E-state index contributed by atoms with van der Waals surface area (Å²) in [6.45, 7) is 1.54. The van der Waals surface area contributed by atoms with Crippen molar-refractivity contribution < 1.29 is 19.4 Å². The lowest BCUT2D eigenvalue weighted by molar-refractivity contribution is -0.129. The largest absolute Gasteiger partial charge is 0.447 e. The Labute approximate surface area is 117 Å². The van der Waals surface area contributed by atoms with Crippen molar-refractivity contribution in [2.75, 3.05) is 32.8 Å². The van der Waals surface area contributed by atoms with Gasteiger partial charge in [0, 0.05) is 13.1 Å². The van der Waals surface area contributed by atoms with Gasteiger partial charge in [0.25, 0.3) is 0 Å². The maximum absolute atomic E-state index is 12.0. The average molecular weight is 278 g/mol. The van der Waals surface area contributed by atoms with E-state index in [2.05, 4.69) is 0 Å². The first-order chi connectivity index (χ1) is 9.70. The van der Waals surface area contributed by atoms with Crippen molar-refractivity contribution in [2.24, 2.45) is 0 Å². The predicted octanol–water partition coefficient (Wildman–Crippen LogP) is 0.460. The maximum atomic E-state index is 12.0. The van der Waals surface area contributed by atoms with E-state index in [-0.39, 0.29) is 25.7 Å². The van der Waals surface area contributed by atoms with Crippen LogP contribution in [-0.2, 0) is 16.1 Å². The number of ether oxygens (including phenoxy) is 1. The van der Waals surface area contributed by atoms with Crippen molar-refractivity contribution in [3.63, 3.8) is 0 Å². The number of nitrogens with zero attached hydrogens (tertiary/aromatic N) is 2. The number of hydrogen-bond donors (Lipinski definition) is 1. The molecular weight excluding hydrogens is 260 g/mol. The molecule has 108 valence electrons. The minimum Gasteiger partial charge on any atom is -0.447 e. The van der Waals surface area contributed by atoms with E-state index in [1.54, 1.807) is 0 Å². The standard InChI is InChI=1S/C14H18N2O4/c17-8-6-15(10-12-4-2-1-3-5-12)11-13(18)16-7-9-20-14(16)19/h1-5,17H,6-11H2. The van der Waals surface area contributed by atoms with Crippen LogP contribution in [-0.4, -0.2) is 59.8 Å². The van der Waals surface area contributed by atoms with E-state index in [0.29, 0.717) is 19.6 Å². The molecule has 0 saturated carbocycles. The van der Waals surface area contributed by atoms with Crippen molar-refractivity contribution in [3.8, 4) is 0 Å². The molecule has 1 aliphatic heterocycles. The second-order valence-corrected chi connectivity index (χ2v) is 4.58. The Hall–Kier alpha value is -1.92. The Bertz CT molecular complexity index is 464. The van der Waals surface area contributed by atoms with E-state index < -0.39 is 6.09 Å². The summed E-state index contributed by atoms with van der Waals surface area (Å²) in [6.07, 6.45) is -0.585. The molecule has 0 aromatic heterocycles. The topological polar surface area (TPSA) is 70.1 Å². The molecule has 0 aliphatic carbocycles. The summed E-state index contributed by atoms with van der Waals surface area (Å²) < 4.78 is 4.74. The maximum Gasteiger partial charge on any atom is 0.416 e. The monoisotopic (exact) mass is 278 g/mol. The number of hydrogen-bond acceptors (Lipinski definition) is 5. The fourth-order valence-electron chi connectivity index (χ4n) is 2.09. The summed E-state index contributed by atoms with van der Waals surface area (Å²) in [5, 5.41) is 9.09. The highest BCUT2D eigenvalue weighted by Crippen LogP contribution is 2.08. The van der Waals surface area contributed by atoms with Crippen LogP contribution in [0.4, 0.5) is 4.79 Å². The number of cyclic esters (lactones) is 1. The van der Waals surface area contributed by atoms with Gasteiger partial charge >= 0.3 is 6.09 Å². The molecule has 1 heterocycles. The van der Waals surface area contributed by atoms with Crippen LogP contribution in [0, 0.1) is 0 Å². The first-order valence-electron chi connectivity index (χ1n) is 6.55. The summed E-state index contributed by atoms with van der Waals surface area (Å²) in [5.41, 5.74) is 1.05. The minimum atomic E-state index is -0.585. The second kappa shape index (κ2) is 7.02. The molecule has 0 bridgehead atoms. The van der Waals surface area contributed by atoms with Crippen LogP contribution >= 0.6 is 0 Å². The lowest BCUT2D eigenvalue weighted by Gasteiger charge is -2.22. The van der Waals surface area contributed by atoms with Crippen LogP contribution in [0.5, 0.6) is 0 Å². The molecule has 1 aromatic rings. The molecule has 0 spiro atoms. The third-order valence-corrected chi connectivity index (χ3v) is 3.09. The molecule has 1 N–H and O–H groups in total. The van der Waals surface area contributed by atoms with Gasteiger partial charge in [-0.25, -0.2) is 9.69 Å². The van der Waals surface area contributed by atoms with Gasteiger partial charge in [0.05, 0.1) is 19.7 Å². The van der Waals surface area contributed by atoms with Gasteiger partial charge in [-0.15, -0.1) is 0 Å². The van der Waals surface area contributed by atoms with Crippen molar-refractivity contribution >= 4 is 12.0 Å². The summed E-state index contributed by atoms with van der Waals surface area (Å²) in [4.78, 5) is 26.3. The van der Waals surface area contributed by atoms with Crippen molar-refractivity contribution in [1.82, 2.24) is 9.80 Å². The zero-order valence-corrected chi connectivity index (χ0v) is 11.2. The Kier molecular flexibility index (Phi) is 5.09. The van der Waals surface area contributed by atoms with Crippen LogP contribution in [0.15, 0.2) is 30.3 Å². The normalized spacial score (nSPS) is 14.7. The van der Waals surface area contributed by atoms with E-state index in [1.165, 1.54) is 0 Å². The molecule has 1 fully saturated rings. The number of aliphatic hydroxyl groups excluding tert-OH is 1. The fraction of sp³-hybridized carbons (Fsp3) is 0.429. The van der Waals surface area contributed by atoms with Crippen molar-refractivity contribution in [1.29, 1.82) is 0 Å². The molecule has 0 radical (unpaired) electrons. The molecule has 1 aliphatic rings. The van der Waals surface area contributed by atoms with Gasteiger partial charge in [-0.3, -0.25) is 9.69 Å². The number of carbonyl (C=O) groups is 2. The second-order valence-electron chi connectivity index (χ2n) is 4.58. The number of imide groups is 1. The van der Waals surface area contributed by atoms with Crippen molar-refractivity contribution in [3.05, 3.63) is 35.9 Å². The molecule has 6 nitrogen and oxygen atoms in total. The molecule has 0 unspecified atom stereocenters. The first-order valence-corrected chi connectivity index (χ1v) is 6.55. The smallest absolute Gasteiger partial charge is 0.416 e.